The Kier molecular flexibility index (Phi) is 4.42. The Labute approximate surface area is 105 Å². The van der Waals surface area contributed by atoms with Gasteiger partial charge in [-0.2, -0.15) is 0 Å². The smallest absolute Gasteiger partial charge is 0.292 e. The van der Waals surface area contributed by atoms with Crippen LogP contribution in [0.5, 0.6) is 0 Å². The highest BCUT2D eigenvalue weighted by molar-refractivity contribution is 5.75. The minimum atomic E-state index is -0.506. The van der Waals surface area contributed by atoms with Crippen molar-refractivity contribution in [1.82, 2.24) is 5.32 Å². The van der Waals surface area contributed by atoms with Gasteiger partial charge in [-0.25, -0.2) is 0 Å². The summed E-state index contributed by atoms with van der Waals surface area (Å²) in [6.07, 6.45) is 3.35. The maximum Gasteiger partial charge on any atom is 0.292 e. The van der Waals surface area contributed by atoms with Crippen molar-refractivity contribution >= 4 is 23.4 Å². The number of hydrogen-bond donors (Lipinski definition) is 2. The number of hydrogen-bond acceptors (Lipinski definition) is 4. The highest BCUT2D eigenvalue weighted by atomic mass is 16.6. The summed E-state index contributed by atoms with van der Waals surface area (Å²) >= 11 is 0. The molecule has 0 atom stereocenters. The predicted octanol–water partition coefficient (Wildman–Crippen LogP) is 1.63. The second-order valence-corrected chi connectivity index (χ2v) is 3.88. The highest BCUT2D eigenvalue weighted by Crippen LogP contribution is 2.27. The normalized spacial score (nSPS) is 10.6. The number of nitrogen functional groups attached to an aromatic ring is 1. The molecule has 0 heterocycles. The highest BCUT2D eigenvalue weighted by Gasteiger charge is 2.14. The zero-order valence-corrected chi connectivity index (χ0v) is 10.3. The maximum atomic E-state index is 10.8. The van der Waals surface area contributed by atoms with Crippen molar-refractivity contribution in [3.05, 3.63) is 39.4 Å². The average Bonchev–Trinajstić information content (AvgIpc) is 2.27. The summed E-state index contributed by atoms with van der Waals surface area (Å²) in [6, 6.07) is 3.19. The van der Waals surface area contributed by atoms with Crippen molar-refractivity contribution < 1.29 is 9.72 Å². The lowest BCUT2D eigenvalue weighted by Crippen LogP contribution is -2.19. The Bertz CT molecular complexity index is 510. The van der Waals surface area contributed by atoms with Crippen molar-refractivity contribution in [2.24, 2.45) is 0 Å². The standard InChI is InChI=1S/C12H15N3O3/c1-8-6-10(4-3-5-14-9(2)16)12(13)11(7-8)15(17)18/h3-4,6-7H,5,13H2,1-2H3,(H,14,16). The Morgan fingerprint density at radius 2 is 2.22 bits per heavy atom. The lowest BCUT2D eigenvalue weighted by atomic mass is 10.1. The zero-order valence-electron chi connectivity index (χ0n) is 10.3. The largest absolute Gasteiger partial charge is 0.393 e. The van der Waals surface area contributed by atoms with Crippen LogP contribution < -0.4 is 11.1 Å². The first-order valence-electron chi connectivity index (χ1n) is 5.37. The molecule has 0 fully saturated rings. The minimum absolute atomic E-state index is 0.103. The topological polar surface area (TPSA) is 98.3 Å². The molecule has 0 unspecified atom stereocenters. The van der Waals surface area contributed by atoms with E-state index in [9.17, 15) is 14.9 Å². The number of nitro groups is 1. The van der Waals surface area contributed by atoms with E-state index in [1.54, 1.807) is 25.1 Å². The van der Waals surface area contributed by atoms with Gasteiger partial charge in [-0.3, -0.25) is 14.9 Å². The first-order valence-corrected chi connectivity index (χ1v) is 5.37. The number of nitrogens with one attached hydrogen (secondary N) is 1. The van der Waals surface area contributed by atoms with Gasteiger partial charge < -0.3 is 11.1 Å². The molecule has 0 saturated heterocycles. The number of carbonyl (C=O) groups excluding carboxylic acids is 1. The molecular formula is C12H15N3O3. The maximum absolute atomic E-state index is 10.8. The molecule has 6 nitrogen and oxygen atoms in total. The van der Waals surface area contributed by atoms with Gasteiger partial charge in [-0.05, 0) is 18.6 Å². The number of anilines is 1. The van der Waals surface area contributed by atoms with E-state index in [-0.39, 0.29) is 17.3 Å². The van der Waals surface area contributed by atoms with Crippen LogP contribution in [0.3, 0.4) is 0 Å². The van der Waals surface area contributed by atoms with E-state index in [0.717, 1.165) is 5.56 Å². The van der Waals surface area contributed by atoms with E-state index in [0.29, 0.717) is 12.1 Å². The molecule has 6 heteroatoms. The Balaban J connectivity index is 2.95. The molecular weight excluding hydrogens is 234 g/mol. The lowest BCUT2D eigenvalue weighted by Gasteiger charge is -2.04. The molecule has 0 bridgehead atoms. The van der Waals surface area contributed by atoms with Crippen LogP contribution in [0, 0.1) is 17.0 Å². The van der Waals surface area contributed by atoms with Crippen molar-refractivity contribution in [3.63, 3.8) is 0 Å². The van der Waals surface area contributed by atoms with Gasteiger partial charge in [0.1, 0.15) is 5.69 Å². The van der Waals surface area contributed by atoms with Gasteiger partial charge in [-0.1, -0.05) is 12.2 Å². The van der Waals surface area contributed by atoms with E-state index in [1.165, 1.54) is 13.0 Å². The van der Waals surface area contributed by atoms with Crippen LogP contribution in [0.15, 0.2) is 18.2 Å². The summed E-state index contributed by atoms with van der Waals surface area (Å²) < 4.78 is 0. The van der Waals surface area contributed by atoms with Gasteiger partial charge >= 0.3 is 0 Å². The molecule has 1 aromatic rings. The Morgan fingerprint density at radius 1 is 1.56 bits per heavy atom. The molecule has 1 aromatic carbocycles. The molecule has 0 saturated carbocycles. The van der Waals surface area contributed by atoms with Crippen LogP contribution in [0.4, 0.5) is 11.4 Å². The van der Waals surface area contributed by atoms with E-state index >= 15 is 0 Å². The third-order valence-electron chi connectivity index (χ3n) is 2.30. The summed E-state index contributed by atoms with van der Waals surface area (Å²) in [6.45, 7) is 3.54. The second kappa shape index (κ2) is 5.81. The SMILES string of the molecule is CC(=O)NCC=Cc1cc(C)cc([N+](=O)[O-])c1N. The monoisotopic (exact) mass is 249 g/mol. The number of carbonyl (C=O) groups is 1. The molecule has 0 spiro atoms. The van der Waals surface area contributed by atoms with E-state index < -0.39 is 4.92 Å². The van der Waals surface area contributed by atoms with Gasteiger partial charge in [0.25, 0.3) is 5.69 Å². The zero-order chi connectivity index (χ0) is 13.7. The molecule has 0 aliphatic carbocycles. The van der Waals surface area contributed by atoms with Crippen LogP contribution in [0.2, 0.25) is 0 Å². The molecule has 1 amide bonds. The van der Waals surface area contributed by atoms with Gasteiger partial charge in [-0.15, -0.1) is 0 Å². The number of nitro benzene ring substituents is 1. The van der Waals surface area contributed by atoms with E-state index in [2.05, 4.69) is 5.32 Å². The van der Waals surface area contributed by atoms with Crippen molar-refractivity contribution in [2.45, 2.75) is 13.8 Å². The minimum Gasteiger partial charge on any atom is -0.393 e. The molecule has 0 radical (unpaired) electrons. The Hall–Kier alpha value is -2.37. The fraction of sp³-hybridized carbons (Fsp3) is 0.250. The van der Waals surface area contributed by atoms with Crippen LogP contribution >= 0.6 is 0 Å². The number of nitrogens with zero attached hydrogens (tertiary/aromatic N) is 1. The Morgan fingerprint density at radius 3 is 2.78 bits per heavy atom. The number of rotatable bonds is 4. The number of amides is 1. The molecule has 0 aliphatic rings. The number of benzene rings is 1. The summed E-state index contributed by atoms with van der Waals surface area (Å²) in [5.74, 6) is -0.136. The molecule has 0 aromatic heterocycles. The second-order valence-electron chi connectivity index (χ2n) is 3.88. The molecule has 3 N–H and O–H groups in total. The first kappa shape index (κ1) is 13.7. The quantitative estimate of drug-likeness (QED) is 0.481. The van der Waals surface area contributed by atoms with Crippen LogP contribution in [0.1, 0.15) is 18.1 Å². The summed E-state index contributed by atoms with van der Waals surface area (Å²) in [4.78, 5) is 20.9. The number of nitrogens with two attached hydrogens (primary N) is 1. The van der Waals surface area contributed by atoms with Crippen molar-refractivity contribution in [1.29, 1.82) is 0 Å². The van der Waals surface area contributed by atoms with Gasteiger partial charge in [0, 0.05) is 25.1 Å². The number of aryl methyl sites for hydroxylation is 1. The third-order valence-corrected chi connectivity index (χ3v) is 2.30. The van der Waals surface area contributed by atoms with Crippen molar-refractivity contribution in [2.75, 3.05) is 12.3 Å². The van der Waals surface area contributed by atoms with Crippen molar-refractivity contribution in [3.8, 4) is 0 Å². The third kappa shape index (κ3) is 3.58. The summed E-state index contributed by atoms with van der Waals surface area (Å²) in [7, 11) is 0. The lowest BCUT2D eigenvalue weighted by molar-refractivity contribution is -0.383. The van der Waals surface area contributed by atoms with Crippen LogP contribution in [0.25, 0.3) is 6.08 Å². The summed E-state index contributed by atoms with van der Waals surface area (Å²) in [5.41, 5.74) is 7.08. The molecule has 96 valence electrons. The van der Waals surface area contributed by atoms with Crippen LogP contribution in [-0.4, -0.2) is 17.4 Å². The van der Waals surface area contributed by atoms with Gasteiger partial charge in [0.2, 0.25) is 5.91 Å². The molecule has 0 aliphatic heterocycles. The van der Waals surface area contributed by atoms with E-state index in [4.69, 9.17) is 5.73 Å². The average molecular weight is 249 g/mol. The summed E-state index contributed by atoms with van der Waals surface area (Å²) in [5, 5.41) is 13.4. The molecule has 18 heavy (non-hydrogen) atoms. The van der Waals surface area contributed by atoms with Crippen LogP contribution in [-0.2, 0) is 4.79 Å². The van der Waals surface area contributed by atoms with Gasteiger partial charge in [0.15, 0.2) is 0 Å². The first-order chi connectivity index (χ1) is 8.41. The van der Waals surface area contributed by atoms with E-state index in [1.807, 2.05) is 0 Å². The molecule has 1 rings (SSSR count). The fourth-order valence-electron chi connectivity index (χ4n) is 1.48. The van der Waals surface area contributed by atoms with Gasteiger partial charge in [0.05, 0.1) is 4.92 Å². The predicted molar refractivity (Wildman–Crippen MR) is 70.0 cm³/mol. The fourth-order valence-corrected chi connectivity index (χ4v) is 1.48.